The van der Waals surface area contributed by atoms with Gasteiger partial charge in [0.2, 0.25) is 18.2 Å². The van der Waals surface area contributed by atoms with E-state index in [-0.39, 0.29) is 11.8 Å². The summed E-state index contributed by atoms with van der Waals surface area (Å²) in [5, 5.41) is 2.57. The van der Waals surface area contributed by atoms with Crippen molar-refractivity contribution in [1.82, 2.24) is 10.2 Å². The molecule has 3 N–H and O–H groups in total. The molecule has 0 bridgehead atoms. The largest absolute Gasteiger partial charge is 0.368 e. The molecule has 0 aromatic rings. The minimum absolute atomic E-state index is 0.105. The van der Waals surface area contributed by atoms with E-state index in [2.05, 4.69) is 5.32 Å². The highest BCUT2D eigenvalue weighted by Gasteiger charge is 2.44. The van der Waals surface area contributed by atoms with Gasteiger partial charge in [-0.15, -0.1) is 0 Å². The first kappa shape index (κ1) is 16.5. The summed E-state index contributed by atoms with van der Waals surface area (Å²) in [5.74, 6) is -0.598. The Labute approximate surface area is 120 Å². The van der Waals surface area contributed by atoms with Gasteiger partial charge < -0.3 is 16.0 Å². The highest BCUT2D eigenvalue weighted by molar-refractivity contribution is 5.91. The van der Waals surface area contributed by atoms with E-state index in [0.29, 0.717) is 13.0 Å². The van der Waals surface area contributed by atoms with Crippen LogP contribution in [-0.4, -0.2) is 41.8 Å². The second-order valence-electron chi connectivity index (χ2n) is 6.42. The van der Waals surface area contributed by atoms with Crippen LogP contribution in [0.3, 0.4) is 0 Å². The fourth-order valence-electron chi connectivity index (χ4n) is 2.84. The zero-order chi connectivity index (χ0) is 15.5. The third kappa shape index (κ3) is 3.29. The standard InChI is InChI=1S/C14H25N3O3/c1-5-9-6-7-17(10(9)12(15)19)13(20)11(16-8-18)14(2,3)4/h8-11H,5-7H2,1-4H3,(H2,15,19)(H,16,18)/t9?,10?,11-/m1/s1. The van der Waals surface area contributed by atoms with Crippen molar-refractivity contribution in [2.24, 2.45) is 17.1 Å². The van der Waals surface area contributed by atoms with E-state index in [1.165, 1.54) is 4.90 Å². The molecule has 1 aliphatic heterocycles. The van der Waals surface area contributed by atoms with Crippen LogP contribution in [0.2, 0.25) is 0 Å². The van der Waals surface area contributed by atoms with Gasteiger partial charge in [-0.3, -0.25) is 14.4 Å². The predicted molar refractivity (Wildman–Crippen MR) is 75.5 cm³/mol. The van der Waals surface area contributed by atoms with E-state index in [9.17, 15) is 14.4 Å². The first-order valence-corrected chi connectivity index (χ1v) is 7.03. The van der Waals surface area contributed by atoms with Crippen LogP contribution in [0.15, 0.2) is 0 Å². The van der Waals surface area contributed by atoms with Crippen molar-refractivity contribution in [2.45, 2.75) is 52.6 Å². The monoisotopic (exact) mass is 283 g/mol. The molecule has 3 amide bonds. The molecular weight excluding hydrogens is 258 g/mol. The molecule has 1 rings (SSSR count). The van der Waals surface area contributed by atoms with Crippen LogP contribution < -0.4 is 11.1 Å². The van der Waals surface area contributed by atoms with Crippen molar-refractivity contribution in [3.63, 3.8) is 0 Å². The fourth-order valence-corrected chi connectivity index (χ4v) is 2.84. The van der Waals surface area contributed by atoms with Crippen LogP contribution in [0.4, 0.5) is 0 Å². The van der Waals surface area contributed by atoms with Crippen LogP contribution in [0.25, 0.3) is 0 Å². The van der Waals surface area contributed by atoms with Gasteiger partial charge in [-0.2, -0.15) is 0 Å². The Morgan fingerprint density at radius 2 is 2.05 bits per heavy atom. The molecule has 0 spiro atoms. The Balaban J connectivity index is 2.99. The van der Waals surface area contributed by atoms with Gasteiger partial charge in [-0.25, -0.2) is 0 Å². The van der Waals surface area contributed by atoms with Crippen LogP contribution in [0, 0.1) is 11.3 Å². The maximum absolute atomic E-state index is 12.7. The molecule has 3 atom stereocenters. The lowest BCUT2D eigenvalue weighted by atomic mass is 9.85. The summed E-state index contributed by atoms with van der Waals surface area (Å²) in [5.41, 5.74) is 5.03. The summed E-state index contributed by atoms with van der Waals surface area (Å²) in [6, 6.07) is -1.22. The average Bonchev–Trinajstić information content (AvgIpc) is 2.77. The molecule has 0 saturated carbocycles. The summed E-state index contributed by atoms with van der Waals surface area (Å²) in [6.07, 6.45) is 2.10. The van der Waals surface area contributed by atoms with Gasteiger partial charge in [0.1, 0.15) is 12.1 Å². The number of nitrogens with zero attached hydrogens (tertiary/aromatic N) is 1. The molecular formula is C14H25N3O3. The Morgan fingerprint density at radius 1 is 1.45 bits per heavy atom. The number of primary amides is 1. The van der Waals surface area contributed by atoms with E-state index < -0.39 is 23.4 Å². The van der Waals surface area contributed by atoms with Gasteiger partial charge in [0, 0.05) is 6.54 Å². The molecule has 1 heterocycles. The molecule has 2 unspecified atom stereocenters. The van der Waals surface area contributed by atoms with E-state index in [1.54, 1.807) is 0 Å². The van der Waals surface area contributed by atoms with Crippen molar-refractivity contribution in [3.05, 3.63) is 0 Å². The minimum atomic E-state index is -0.655. The lowest BCUT2D eigenvalue weighted by molar-refractivity contribution is -0.142. The Bertz CT molecular complexity index is 390. The zero-order valence-electron chi connectivity index (χ0n) is 12.7. The SMILES string of the molecule is CCC1CCN(C(=O)[C@@H](NC=O)C(C)(C)C)C1C(N)=O. The van der Waals surface area contributed by atoms with Gasteiger partial charge in [-0.05, 0) is 17.8 Å². The van der Waals surface area contributed by atoms with Gasteiger partial charge in [0.05, 0.1) is 0 Å². The number of carbonyl (C=O) groups excluding carboxylic acids is 3. The van der Waals surface area contributed by atoms with Crippen LogP contribution >= 0.6 is 0 Å². The van der Waals surface area contributed by atoms with Crippen molar-refractivity contribution < 1.29 is 14.4 Å². The smallest absolute Gasteiger partial charge is 0.246 e. The van der Waals surface area contributed by atoms with Crippen molar-refractivity contribution in [1.29, 1.82) is 0 Å². The molecule has 1 aliphatic rings. The van der Waals surface area contributed by atoms with Crippen molar-refractivity contribution in [2.75, 3.05) is 6.54 Å². The molecule has 0 aromatic carbocycles. The molecule has 114 valence electrons. The predicted octanol–water partition coefficient (Wildman–Crippen LogP) is 0.260. The number of nitrogens with two attached hydrogens (primary N) is 1. The van der Waals surface area contributed by atoms with Crippen LogP contribution in [0.1, 0.15) is 40.5 Å². The average molecular weight is 283 g/mol. The summed E-state index contributed by atoms with van der Waals surface area (Å²) < 4.78 is 0. The lowest BCUT2D eigenvalue weighted by Crippen LogP contribution is -2.56. The molecule has 0 radical (unpaired) electrons. The Kier molecular flexibility index (Phi) is 5.14. The zero-order valence-corrected chi connectivity index (χ0v) is 12.7. The van der Waals surface area contributed by atoms with Gasteiger partial charge >= 0.3 is 0 Å². The van der Waals surface area contributed by atoms with E-state index in [1.807, 2.05) is 27.7 Å². The van der Waals surface area contributed by atoms with E-state index in [4.69, 9.17) is 5.73 Å². The maximum Gasteiger partial charge on any atom is 0.246 e. The third-order valence-electron chi connectivity index (χ3n) is 3.97. The molecule has 0 aliphatic carbocycles. The minimum Gasteiger partial charge on any atom is -0.368 e. The van der Waals surface area contributed by atoms with Gasteiger partial charge in [0.25, 0.3) is 0 Å². The lowest BCUT2D eigenvalue weighted by Gasteiger charge is -2.34. The van der Waals surface area contributed by atoms with E-state index >= 15 is 0 Å². The van der Waals surface area contributed by atoms with Gasteiger partial charge in [0.15, 0.2) is 0 Å². The topological polar surface area (TPSA) is 92.5 Å². The summed E-state index contributed by atoms with van der Waals surface area (Å²) in [4.78, 5) is 36.6. The van der Waals surface area contributed by atoms with Crippen molar-refractivity contribution in [3.8, 4) is 0 Å². The van der Waals surface area contributed by atoms with Crippen LogP contribution in [0.5, 0.6) is 0 Å². The number of nitrogens with one attached hydrogen (secondary N) is 1. The number of hydrogen-bond donors (Lipinski definition) is 2. The molecule has 1 saturated heterocycles. The molecule has 20 heavy (non-hydrogen) atoms. The first-order valence-electron chi connectivity index (χ1n) is 7.03. The van der Waals surface area contributed by atoms with Gasteiger partial charge in [-0.1, -0.05) is 34.1 Å². The number of likely N-dealkylation sites (tertiary alicyclic amines) is 1. The second kappa shape index (κ2) is 6.24. The summed E-state index contributed by atoms with van der Waals surface area (Å²) >= 11 is 0. The molecule has 1 fully saturated rings. The fraction of sp³-hybridized carbons (Fsp3) is 0.786. The highest BCUT2D eigenvalue weighted by atomic mass is 16.2. The molecule has 0 aromatic heterocycles. The molecule has 6 nitrogen and oxygen atoms in total. The Hall–Kier alpha value is -1.59. The number of amides is 3. The quantitative estimate of drug-likeness (QED) is 0.709. The maximum atomic E-state index is 12.7. The number of hydrogen-bond acceptors (Lipinski definition) is 3. The number of rotatable bonds is 5. The normalized spacial score (nSPS) is 24.3. The third-order valence-corrected chi connectivity index (χ3v) is 3.97. The van der Waals surface area contributed by atoms with Crippen LogP contribution in [-0.2, 0) is 14.4 Å². The van der Waals surface area contributed by atoms with E-state index in [0.717, 1.165) is 12.8 Å². The number of carbonyl (C=O) groups is 3. The Morgan fingerprint density at radius 3 is 2.45 bits per heavy atom. The first-order chi connectivity index (χ1) is 9.23. The molecule has 6 heteroatoms. The summed E-state index contributed by atoms with van der Waals surface area (Å²) in [6.45, 7) is 8.12. The highest BCUT2D eigenvalue weighted by Crippen LogP contribution is 2.30. The second-order valence-corrected chi connectivity index (χ2v) is 6.42. The van der Waals surface area contributed by atoms with Crippen molar-refractivity contribution >= 4 is 18.2 Å². The summed E-state index contributed by atoms with van der Waals surface area (Å²) in [7, 11) is 0.